The number of nitrogens with one attached hydrogen (secondary N) is 1. The maximum absolute atomic E-state index is 12.8. The Kier molecular flexibility index (Phi) is 6.44. The van der Waals surface area contributed by atoms with Gasteiger partial charge in [0.05, 0.1) is 32.9 Å². The first kappa shape index (κ1) is 22.6. The Bertz CT molecular complexity index is 1390. The molecule has 0 bridgehead atoms. The van der Waals surface area contributed by atoms with E-state index in [1.807, 2.05) is 54.0 Å². The number of benzene rings is 3. The van der Waals surface area contributed by atoms with Gasteiger partial charge in [0, 0.05) is 6.54 Å². The van der Waals surface area contributed by atoms with E-state index in [1.165, 1.54) is 18.2 Å². The highest BCUT2D eigenvalue weighted by Gasteiger charge is 2.23. The molecule has 0 fully saturated rings. The minimum atomic E-state index is -3.82. The molecular weight excluding hydrogens is 469 g/mol. The molecule has 0 aliphatic rings. The van der Waals surface area contributed by atoms with E-state index < -0.39 is 16.1 Å². The quantitative estimate of drug-likeness (QED) is 0.335. The van der Waals surface area contributed by atoms with Gasteiger partial charge in [0.2, 0.25) is 10.0 Å². The highest BCUT2D eigenvalue weighted by Crippen LogP contribution is 2.29. The summed E-state index contributed by atoms with van der Waals surface area (Å²) in [7, 11) is -3.82. The number of sulfonamides is 1. The van der Waals surface area contributed by atoms with Crippen molar-refractivity contribution >= 4 is 44.0 Å². The molecule has 1 heterocycles. The molecule has 3 aromatic carbocycles. The van der Waals surface area contributed by atoms with Crippen molar-refractivity contribution in [3.05, 3.63) is 82.6 Å². The third-order valence-corrected chi connectivity index (χ3v) is 7.35. The summed E-state index contributed by atoms with van der Waals surface area (Å²) in [6.07, 6.45) is 1.61. The molecule has 0 spiro atoms. The van der Waals surface area contributed by atoms with Gasteiger partial charge in [-0.15, -0.1) is 0 Å². The summed E-state index contributed by atoms with van der Waals surface area (Å²) in [4.78, 5) is 4.42. The Morgan fingerprint density at radius 1 is 1.03 bits per heavy atom. The summed E-state index contributed by atoms with van der Waals surface area (Å²) < 4.78 is 36.2. The van der Waals surface area contributed by atoms with Gasteiger partial charge in [0.15, 0.2) is 0 Å². The second kappa shape index (κ2) is 9.11. The van der Waals surface area contributed by atoms with Crippen LogP contribution in [0.15, 0.2) is 71.8 Å². The van der Waals surface area contributed by atoms with Crippen LogP contribution in [0, 0.1) is 0 Å². The van der Waals surface area contributed by atoms with Crippen molar-refractivity contribution < 1.29 is 13.2 Å². The van der Waals surface area contributed by atoms with Crippen molar-refractivity contribution in [1.29, 1.82) is 0 Å². The van der Waals surface area contributed by atoms with Crippen LogP contribution in [0.25, 0.3) is 10.8 Å². The van der Waals surface area contributed by atoms with E-state index in [0.717, 1.165) is 10.8 Å². The molecule has 6 nitrogen and oxygen atoms in total. The van der Waals surface area contributed by atoms with E-state index >= 15 is 0 Å². The molecule has 0 radical (unpaired) electrons. The van der Waals surface area contributed by atoms with Gasteiger partial charge in [-0.05, 0) is 55.0 Å². The summed E-state index contributed by atoms with van der Waals surface area (Å²) in [5.74, 6) is 0.652. The fourth-order valence-electron chi connectivity index (χ4n) is 3.46. The number of imidazole rings is 1. The molecule has 4 aromatic rings. The number of hydrogen-bond acceptors (Lipinski definition) is 4. The highest BCUT2D eigenvalue weighted by atomic mass is 35.5. The first-order valence-electron chi connectivity index (χ1n) is 9.98. The number of aromatic nitrogens is 2. The van der Waals surface area contributed by atoms with Crippen LogP contribution in [0.5, 0.6) is 11.8 Å². The second-order valence-electron chi connectivity index (χ2n) is 7.24. The van der Waals surface area contributed by atoms with Crippen molar-refractivity contribution in [2.75, 3.05) is 0 Å². The zero-order valence-corrected chi connectivity index (χ0v) is 19.7. The smallest absolute Gasteiger partial charge is 0.302 e. The fourth-order valence-corrected chi connectivity index (χ4v) is 5.06. The first-order chi connectivity index (χ1) is 15.3. The first-order valence-corrected chi connectivity index (χ1v) is 12.2. The standard InChI is InChI=1S/C23H21Cl2N3O3S/c1-3-28-22(15(2)27-32(29,30)19-10-11-20(24)21(25)13-19)14-26-23(28)31-18-9-8-16-6-4-5-7-17(16)12-18/h4-15,27H,3H2,1-2H3. The molecule has 0 saturated heterocycles. The van der Waals surface area contributed by atoms with Gasteiger partial charge >= 0.3 is 6.01 Å². The molecule has 32 heavy (non-hydrogen) atoms. The lowest BCUT2D eigenvalue weighted by atomic mass is 10.1. The Labute approximate surface area is 196 Å². The summed E-state index contributed by atoms with van der Waals surface area (Å²) in [6, 6.07) is 17.8. The predicted octanol–water partition coefficient (Wildman–Crippen LogP) is 6.19. The maximum atomic E-state index is 12.8. The minimum Gasteiger partial charge on any atom is -0.425 e. The average Bonchev–Trinajstić information content (AvgIpc) is 3.17. The molecule has 0 aliphatic carbocycles. The molecular formula is C23H21Cl2N3O3S. The van der Waals surface area contributed by atoms with Crippen LogP contribution in [0.1, 0.15) is 25.6 Å². The predicted molar refractivity (Wildman–Crippen MR) is 127 cm³/mol. The maximum Gasteiger partial charge on any atom is 0.302 e. The van der Waals surface area contributed by atoms with Gasteiger partial charge in [-0.3, -0.25) is 4.57 Å². The van der Waals surface area contributed by atoms with E-state index in [4.69, 9.17) is 27.9 Å². The number of rotatable bonds is 7. The summed E-state index contributed by atoms with van der Waals surface area (Å²) in [6.45, 7) is 4.24. The number of hydrogen-bond donors (Lipinski definition) is 1. The van der Waals surface area contributed by atoms with E-state index in [9.17, 15) is 8.42 Å². The second-order valence-corrected chi connectivity index (χ2v) is 9.77. The van der Waals surface area contributed by atoms with Crippen molar-refractivity contribution in [2.45, 2.75) is 31.3 Å². The van der Waals surface area contributed by atoms with Gasteiger partial charge in [0.25, 0.3) is 0 Å². The summed E-state index contributed by atoms with van der Waals surface area (Å²) in [5, 5.41) is 2.64. The lowest BCUT2D eigenvalue weighted by molar-refractivity contribution is 0.408. The van der Waals surface area contributed by atoms with Gasteiger partial charge in [-0.2, -0.15) is 0 Å². The van der Waals surface area contributed by atoms with Crippen molar-refractivity contribution in [3.63, 3.8) is 0 Å². The summed E-state index contributed by atoms with van der Waals surface area (Å²) >= 11 is 11.9. The monoisotopic (exact) mass is 489 g/mol. The molecule has 0 aliphatic heterocycles. The molecule has 166 valence electrons. The molecule has 1 aromatic heterocycles. The number of ether oxygens (including phenoxy) is 1. The zero-order valence-electron chi connectivity index (χ0n) is 17.4. The zero-order chi connectivity index (χ0) is 22.9. The Morgan fingerprint density at radius 3 is 2.50 bits per heavy atom. The topological polar surface area (TPSA) is 73.2 Å². The van der Waals surface area contributed by atoms with Crippen LogP contribution in [0.2, 0.25) is 10.0 Å². The van der Waals surface area contributed by atoms with Gasteiger partial charge < -0.3 is 4.74 Å². The molecule has 0 saturated carbocycles. The third-order valence-electron chi connectivity index (χ3n) is 5.07. The Hall–Kier alpha value is -2.58. The van der Waals surface area contributed by atoms with Crippen molar-refractivity contribution in [1.82, 2.24) is 14.3 Å². The lowest BCUT2D eigenvalue weighted by Gasteiger charge is -2.17. The number of halogens is 2. The van der Waals surface area contributed by atoms with Crippen molar-refractivity contribution in [2.24, 2.45) is 0 Å². The van der Waals surface area contributed by atoms with Gasteiger partial charge in [0.1, 0.15) is 5.75 Å². The SMILES string of the molecule is CCn1c(C(C)NS(=O)(=O)c2ccc(Cl)c(Cl)c2)cnc1Oc1ccc2ccccc2c1. The van der Waals surface area contributed by atoms with Crippen LogP contribution < -0.4 is 9.46 Å². The molecule has 1 N–H and O–H groups in total. The van der Waals surface area contributed by atoms with Gasteiger partial charge in [-0.25, -0.2) is 18.1 Å². The highest BCUT2D eigenvalue weighted by molar-refractivity contribution is 7.89. The molecule has 4 rings (SSSR count). The molecule has 1 unspecified atom stereocenters. The van der Waals surface area contributed by atoms with E-state index in [-0.39, 0.29) is 9.92 Å². The van der Waals surface area contributed by atoms with Crippen LogP contribution in [-0.2, 0) is 16.6 Å². The molecule has 0 amide bonds. The normalized spacial score (nSPS) is 12.8. The van der Waals surface area contributed by atoms with Crippen LogP contribution in [0.3, 0.4) is 0 Å². The van der Waals surface area contributed by atoms with Crippen molar-refractivity contribution in [3.8, 4) is 11.8 Å². The van der Waals surface area contributed by atoms with Crippen LogP contribution in [-0.4, -0.2) is 18.0 Å². The van der Waals surface area contributed by atoms with Crippen LogP contribution in [0.4, 0.5) is 0 Å². The average molecular weight is 490 g/mol. The minimum absolute atomic E-state index is 0.0361. The largest absolute Gasteiger partial charge is 0.425 e. The van der Waals surface area contributed by atoms with E-state index in [0.29, 0.717) is 29.0 Å². The van der Waals surface area contributed by atoms with E-state index in [1.54, 1.807) is 13.1 Å². The Balaban J connectivity index is 1.58. The lowest BCUT2D eigenvalue weighted by Crippen LogP contribution is -2.28. The third kappa shape index (κ3) is 4.61. The summed E-state index contributed by atoms with van der Waals surface area (Å²) in [5.41, 5.74) is 0.673. The molecule has 1 atom stereocenters. The van der Waals surface area contributed by atoms with Gasteiger partial charge in [-0.1, -0.05) is 53.5 Å². The number of fused-ring (bicyclic) bond motifs is 1. The number of nitrogens with zero attached hydrogens (tertiary/aromatic N) is 2. The molecule has 9 heteroatoms. The fraction of sp³-hybridized carbons (Fsp3) is 0.174. The van der Waals surface area contributed by atoms with Crippen LogP contribution >= 0.6 is 23.2 Å². The Morgan fingerprint density at radius 2 is 1.78 bits per heavy atom. The van der Waals surface area contributed by atoms with E-state index in [2.05, 4.69) is 9.71 Å².